The van der Waals surface area contributed by atoms with Crippen molar-refractivity contribution >= 4 is 11.3 Å². The van der Waals surface area contributed by atoms with E-state index in [-0.39, 0.29) is 0 Å². The zero-order valence-electron chi connectivity index (χ0n) is 11.0. The van der Waals surface area contributed by atoms with E-state index < -0.39 is 0 Å². The highest BCUT2D eigenvalue weighted by molar-refractivity contribution is 7.12. The molecule has 1 aromatic rings. The summed E-state index contributed by atoms with van der Waals surface area (Å²) in [6.45, 7) is 3.71. The summed E-state index contributed by atoms with van der Waals surface area (Å²) in [5.41, 5.74) is 1.64. The fourth-order valence-corrected chi connectivity index (χ4v) is 4.66. The van der Waals surface area contributed by atoms with E-state index >= 15 is 0 Å². The van der Waals surface area contributed by atoms with Gasteiger partial charge < -0.3 is 5.32 Å². The topological polar surface area (TPSA) is 15.3 Å². The van der Waals surface area contributed by atoms with Gasteiger partial charge in [-0.25, -0.2) is 0 Å². The third-order valence-corrected chi connectivity index (χ3v) is 5.88. The molecule has 3 heteroatoms. The van der Waals surface area contributed by atoms with Gasteiger partial charge in [0, 0.05) is 41.5 Å². The molecule has 2 aliphatic carbocycles. The molecular formula is C15H22N2S. The molecule has 3 aliphatic rings. The minimum atomic E-state index is 0.738. The van der Waals surface area contributed by atoms with Crippen molar-refractivity contribution in [1.29, 1.82) is 0 Å². The van der Waals surface area contributed by atoms with Crippen LogP contribution in [0, 0.1) is 0 Å². The SMILES string of the molecule is c1c(CNC2CCN(C3CC3)C2)sc2c1CCC2. The van der Waals surface area contributed by atoms with Crippen LogP contribution >= 0.6 is 11.3 Å². The Morgan fingerprint density at radius 1 is 1.28 bits per heavy atom. The maximum absolute atomic E-state index is 3.77. The van der Waals surface area contributed by atoms with Gasteiger partial charge in [0.05, 0.1) is 0 Å². The lowest BCUT2D eigenvalue weighted by Crippen LogP contribution is -2.32. The largest absolute Gasteiger partial charge is 0.308 e. The van der Waals surface area contributed by atoms with Gasteiger partial charge in [0.15, 0.2) is 0 Å². The molecule has 2 fully saturated rings. The fourth-order valence-electron chi connectivity index (χ4n) is 3.45. The van der Waals surface area contributed by atoms with Gasteiger partial charge in [-0.3, -0.25) is 4.90 Å². The molecule has 1 aromatic heterocycles. The first-order chi connectivity index (χ1) is 8.88. The van der Waals surface area contributed by atoms with E-state index in [4.69, 9.17) is 0 Å². The number of thiophene rings is 1. The molecule has 98 valence electrons. The highest BCUT2D eigenvalue weighted by atomic mass is 32.1. The van der Waals surface area contributed by atoms with E-state index in [0.29, 0.717) is 0 Å². The van der Waals surface area contributed by atoms with Crippen molar-refractivity contribution in [2.75, 3.05) is 13.1 Å². The van der Waals surface area contributed by atoms with Gasteiger partial charge >= 0.3 is 0 Å². The van der Waals surface area contributed by atoms with Crippen molar-refractivity contribution in [2.24, 2.45) is 0 Å². The van der Waals surface area contributed by atoms with Crippen molar-refractivity contribution < 1.29 is 0 Å². The predicted molar refractivity (Wildman–Crippen MR) is 76.2 cm³/mol. The summed E-state index contributed by atoms with van der Waals surface area (Å²) >= 11 is 2.05. The third-order valence-electron chi connectivity index (χ3n) is 4.65. The van der Waals surface area contributed by atoms with Crippen LogP contribution in [-0.2, 0) is 19.4 Å². The molecule has 18 heavy (non-hydrogen) atoms. The monoisotopic (exact) mass is 262 g/mol. The Morgan fingerprint density at radius 3 is 3.06 bits per heavy atom. The Kier molecular flexibility index (Phi) is 2.94. The Bertz CT molecular complexity index is 414. The van der Waals surface area contributed by atoms with Gasteiger partial charge in [-0.05, 0) is 50.2 Å². The van der Waals surface area contributed by atoms with Crippen LogP contribution in [0.5, 0.6) is 0 Å². The minimum Gasteiger partial charge on any atom is -0.308 e. The van der Waals surface area contributed by atoms with Crippen LogP contribution in [0.2, 0.25) is 0 Å². The molecule has 0 radical (unpaired) electrons. The Balaban J connectivity index is 1.30. The Hall–Kier alpha value is -0.380. The molecule has 0 amide bonds. The number of rotatable bonds is 4. The molecule has 1 N–H and O–H groups in total. The second kappa shape index (κ2) is 4.62. The first-order valence-electron chi connectivity index (χ1n) is 7.46. The second-order valence-corrected chi connectivity index (χ2v) is 7.33. The molecule has 1 aliphatic heterocycles. The standard InChI is InChI=1S/C15H22N2S/c1-2-11-8-14(18-15(11)3-1)9-16-12-6-7-17(10-12)13-4-5-13/h8,12-13,16H,1-7,9-10H2. The van der Waals surface area contributed by atoms with E-state index in [0.717, 1.165) is 18.6 Å². The van der Waals surface area contributed by atoms with Gasteiger partial charge in [-0.1, -0.05) is 0 Å². The van der Waals surface area contributed by atoms with Gasteiger partial charge in [0.2, 0.25) is 0 Å². The molecule has 1 unspecified atom stereocenters. The fraction of sp³-hybridized carbons (Fsp3) is 0.733. The highest BCUT2D eigenvalue weighted by Gasteiger charge is 2.34. The van der Waals surface area contributed by atoms with Crippen molar-refractivity contribution in [3.8, 4) is 0 Å². The van der Waals surface area contributed by atoms with E-state index in [1.165, 1.54) is 51.6 Å². The maximum atomic E-state index is 3.77. The van der Waals surface area contributed by atoms with Crippen LogP contribution < -0.4 is 5.32 Å². The van der Waals surface area contributed by atoms with Crippen molar-refractivity contribution in [2.45, 2.75) is 57.2 Å². The van der Waals surface area contributed by atoms with Crippen molar-refractivity contribution in [3.63, 3.8) is 0 Å². The number of hydrogen-bond donors (Lipinski definition) is 1. The zero-order chi connectivity index (χ0) is 11.9. The van der Waals surface area contributed by atoms with Gasteiger partial charge in [0.1, 0.15) is 0 Å². The molecule has 0 aromatic carbocycles. The van der Waals surface area contributed by atoms with Crippen LogP contribution in [0.15, 0.2) is 6.07 Å². The average molecular weight is 262 g/mol. The third kappa shape index (κ3) is 2.24. The summed E-state index contributed by atoms with van der Waals surface area (Å²) in [5, 5.41) is 3.77. The number of nitrogens with one attached hydrogen (secondary N) is 1. The number of likely N-dealkylation sites (tertiary alicyclic amines) is 1. The first-order valence-corrected chi connectivity index (χ1v) is 8.28. The van der Waals surface area contributed by atoms with Crippen molar-refractivity contribution in [3.05, 3.63) is 21.4 Å². The van der Waals surface area contributed by atoms with Crippen LogP contribution in [0.3, 0.4) is 0 Å². The van der Waals surface area contributed by atoms with Crippen LogP contribution in [0.1, 0.15) is 41.0 Å². The van der Waals surface area contributed by atoms with Crippen LogP contribution in [0.25, 0.3) is 0 Å². The van der Waals surface area contributed by atoms with Crippen molar-refractivity contribution in [1.82, 2.24) is 10.2 Å². The zero-order valence-corrected chi connectivity index (χ0v) is 11.8. The summed E-state index contributed by atoms with van der Waals surface area (Å²) in [6.07, 6.45) is 8.29. The summed E-state index contributed by atoms with van der Waals surface area (Å²) in [7, 11) is 0. The predicted octanol–water partition coefficient (Wildman–Crippen LogP) is 2.56. The molecule has 1 saturated heterocycles. The second-order valence-electron chi connectivity index (χ2n) is 6.11. The number of fused-ring (bicyclic) bond motifs is 1. The average Bonchev–Trinajstić information content (AvgIpc) is 2.81. The molecule has 0 bridgehead atoms. The molecule has 0 spiro atoms. The summed E-state index contributed by atoms with van der Waals surface area (Å²) in [4.78, 5) is 5.91. The molecule has 2 heterocycles. The van der Waals surface area contributed by atoms with E-state index in [1.807, 2.05) is 11.3 Å². The normalized spacial score (nSPS) is 27.9. The highest BCUT2D eigenvalue weighted by Crippen LogP contribution is 2.31. The molecule has 4 rings (SSSR count). The lowest BCUT2D eigenvalue weighted by Gasteiger charge is -2.15. The van der Waals surface area contributed by atoms with Crippen LogP contribution in [-0.4, -0.2) is 30.1 Å². The van der Waals surface area contributed by atoms with Gasteiger partial charge in [-0.2, -0.15) is 0 Å². The van der Waals surface area contributed by atoms with Crippen LogP contribution in [0.4, 0.5) is 0 Å². The number of nitrogens with zero attached hydrogens (tertiary/aromatic N) is 1. The maximum Gasteiger partial charge on any atom is 0.0303 e. The molecule has 1 saturated carbocycles. The number of aryl methyl sites for hydroxylation is 2. The Labute approximate surface area is 113 Å². The van der Waals surface area contributed by atoms with Gasteiger partial charge in [0.25, 0.3) is 0 Å². The van der Waals surface area contributed by atoms with Gasteiger partial charge in [-0.15, -0.1) is 11.3 Å². The quantitative estimate of drug-likeness (QED) is 0.897. The molecule has 1 atom stereocenters. The summed E-state index contributed by atoms with van der Waals surface area (Å²) in [6, 6.07) is 4.14. The number of hydrogen-bond acceptors (Lipinski definition) is 3. The van der Waals surface area contributed by atoms with E-state index in [1.54, 1.807) is 15.3 Å². The molecular weight excluding hydrogens is 240 g/mol. The Morgan fingerprint density at radius 2 is 2.22 bits per heavy atom. The lowest BCUT2D eigenvalue weighted by atomic mass is 10.2. The summed E-state index contributed by atoms with van der Waals surface area (Å²) in [5.74, 6) is 0. The molecule has 2 nitrogen and oxygen atoms in total. The lowest BCUT2D eigenvalue weighted by molar-refractivity contribution is 0.317. The minimum absolute atomic E-state index is 0.738. The summed E-state index contributed by atoms with van der Waals surface area (Å²) < 4.78 is 0. The van der Waals surface area contributed by atoms with E-state index in [2.05, 4.69) is 16.3 Å². The smallest absolute Gasteiger partial charge is 0.0303 e. The first kappa shape index (κ1) is 11.4. The van der Waals surface area contributed by atoms with E-state index in [9.17, 15) is 0 Å².